The zero-order chi connectivity index (χ0) is 45.6. The summed E-state index contributed by atoms with van der Waals surface area (Å²) in [4.78, 5) is 80.9. The van der Waals surface area contributed by atoms with E-state index in [1.165, 1.54) is 22.3 Å². The number of benzene rings is 3. The van der Waals surface area contributed by atoms with Crippen LogP contribution < -0.4 is 25.8 Å². The van der Waals surface area contributed by atoms with Crippen LogP contribution in [-0.2, 0) is 38.7 Å². The summed E-state index contributed by atoms with van der Waals surface area (Å²) >= 11 is 1.26. The van der Waals surface area contributed by atoms with Crippen LogP contribution in [0.2, 0.25) is 0 Å². The second kappa shape index (κ2) is 17.9. The summed E-state index contributed by atoms with van der Waals surface area (Å²) in [6, 6.07) is 11.3. The molecule has 7 heterocycles. The van der Waals surface area contributed by atoms with E-state index >= 15 is 13.2 Å². The van der Waals surface area contributed by atoms with Gasteiger partial charge in [0.2, 0.25) is 17.7 Å². The van der Waals surface area contributed by atoms with Crippen molar-refractivity contribution in [2.75, 3.05) is 59.7 Å². The lowest BCUT2D eigenvalue weighted by atomic mass is 9.92. The molecule has 0 aliphatic carbocycles. The zero-order valence-electron chi connectivity index (χ0n) is 35.9. The highest BCUT2D eigenvalue weighted by molar-refractivity contribution is 7.13. The number of aryl methyl sites for hydroxylation is 1. The van der Waals surface area contributed by atoms with Gasteiger partial charge < -0.3 is 29.5 Å². The van der Waals surface area contributed by atoms with Crippen molar-refractivity contribution in [3.05, 3.63) is 106 Å². The summed E-state index contributed by atoms with van der Waals surface area (Å²) < 4.78 is 48.5. The molecule has 5 amide bonds. The third-order valence-electron chi connectivity index (χ3n) is 13.5. The first-order chi connectivity index (χ1) is 32.0. The second-order valence-corrected chi connectivity index (χ2v) is 18.4. The minimum absolute atomic E-state index is 0.0525. The molecule has 2 atom stereocenters. The molecule has 0 spiro atoms. The number of aromatic nitrogens is 3. The summed E-state index contributed by atoms with van der Waals surface area (Å²) in [6.07, 6.45) is 6.83. The number of halogens is 3. The number of carbonyl (C=O) groups is 5. The monoisotopic (exact) mass is 920 g/mol. The van der Waals surface area contributed by atoms with E-state index in [1.807, 2.05) is 33.7 Å². The van der Waals surface area contributed by atoms with Crippen molar-refractivity contribution in [1.29, 1.82) is 0 Å². The van der Waals surface area contributed by atoms with Crippen LogP contribution in [0.4, 0.5) is 35.4 Å². The van der Waals surface area contributed by atoms with Gasteiger partial charge in [-0.05, 0) is 85.5 Å². The van der Waals surface area contributed by atoms with Crippen LogP contribution in [0.25, 0.3) is 11.1 Å². The molecular formula is C47H47F3N10O5S. The first-order valence-corrected chi connectivity index (χ1v) is 23.2. The predicted octanol–water partition coefficient (Wildman–Crippen LogP) is 5.88. The van der Waals surface area contributed by atoms with E-state index in [0.29, 0.717) is 74.9 Å². The van der Waals surface area contributed by atoms with Crippen LogP contribution >= 0.6 is 11.3 Å². The molecule has 3 fully saturated rings. The number of imide groups is 1. The first kappa shape index (κ1) is 43.1. The van der Waals surface area contributed by atoms with Gasteiger partial charge in [-0.3, -0.25) is 34.6 Å². The molecule has 5 aromatic rings. The molecule has 15 nitrogen and oxygen atoms in total. The van der Waals surface area contributed by atoms with Crippen molar-refractivity contribution >= 4 is 63.1 Å². The van der Waals surface area contributed by atoms with Gasteiger partial charge in [0.25, 0.3) is 11.8 Å². The summed E-state index contributed by atoms with van der Waals surface area (Å²) in [7, 11) is 0. The molecule has 2 unspecified atom stereocenters. The molecule has 2 aromatic heterocycles. The average Bonchev–Trinajstić information content (AvgIpc) is 4.13. The van der Waals surface area contributed by atoms with Gasteiger partial charge in [0.1, 0.15) is 17.5 Å². The Kier molecular flexibility index (Phi) is 11.7. The van der Waals surface area contributed by atoms with Crippen molar-refractivity contribution in [2.24, 2.45) is 5.92 Å². The van der Waals surface area contributed by atoms with E-state index in [9.17, 15) is 24.0 Å². The lowest BCUT2D eigenvalue weighted by Gasteiger charge is -2.38. The Hall–Kier alpha value is -6.76. The fourth-order valence-corrected chi connectivity index (χ4v) is 10.5. The topological polar surface area (TPSA) is 165 Å². The largest absolute Gasteiger partial charge is 0.373 e. The fraction of sp³-hybridized carbons (Fsp3) is 0.383. The molecule has 3 N–H and O–H groups in total. The van der Waals surface area contributed by atoms with Gasteiger partial charge in [-0.2, -0.15) is 0 Å². The Balaban J connectivity index is 0.729. The third kappa shape index (κ3) is 8.47. The average molecular weight is 921 g/mol. The Labute approximate surface area is 382 Å². The summed E-state index contributed by atoms with van der Waals surface area (Å²) in [6.45, 7) is 3.79. The van der Waals surface area contributed by atoms with E-state index in [1.54, 1.807) is 28.9 Å². The maximum atomic E-state index is 15.9. The van der Waals surface area contributed by atoms with Crippen LogP contribution in [0.15, 0.2) is 66.4 Å². The number of piperidine rings is 2. The fourth-order valence-electron chi connectivity index (χ4n) is 9.96. The van der Waals surface area contributed by atoms with Crippen molar-refractivity contribution in [2.45, 2.75) is 70.1 Å². The molecular weight excluding hydrogens is 874 g/mol. The Morgan fingerprint density at radius 2 is 1.59 bits per heavy atom. The molecule has 0 radical (unpaired) electrons. The highest BCUT2D eigenvalue weighted by Crippen LogP contribution is 2.39. The standard InChI is InChI=1S/C47H47F3N10O5S/c48-34-22-29(21-32-33(34)25-60(46(32)65)43(45(64)55-47-51-11-19-66-47)41-38-2-1-12-59(38)26-52-41)28-3-5-31(6-4-28)56-15-17-57(18-16-56)40(62)20-27-9-13-58(14-10-27)42-35(49)23-30(24-36(42)50)53-37-7-8-39(61)54-44(37)63/h3-6,11,19,21-24,26-27,37,43,53H,1-2,7-10,12-18,20,25H2,(H,51,55,64)(H,54,61,63). The van der Waals surface area contributed by atoms with Crippen LogP contribution in [0.5, 0.6) is 0 Å². The maximum absolute atomic E-state index is 15.9. The number of nitrogens with one attached hydrogen (secondary N) is 3. The maximum Gasteiger partial charge on any atom is 0.255 e. The number of hydrogen-bond donors (Lipinski definition) is 3. The van der Waals surface area contributed by atoms with Crippen molar-refractivity contribution < 1.29 is 37.1 Å². The van der Waals surface area contributed by atoms with E-state index in [0.717, 1.165) is 48.5 Å². The van der Waals surface area contributed by atoms with Crippen molar-refractivity contribution in [3.8, 4) is 11.1 Å². The molecule has 3 saturated heterocycles. The normalized spacial score (nSPS) is 19.2. The number of rotatable bonds is 11. The van der Waals surface area contributed by atoms with Gasteiger partial charge >= 0.3 is 0 Å². The highest BCUT2D eigenvalue weighted by atomic mass is 32.1. The smallest absolute Gasteiger partial charge is 0.255 e. The van der Waals surface area contributed by atoms with Gasteiger partial charge in [0, 0.05) is 98.4 Å². The molecule has 0 bridgehead atoms. The van der Waals surface area contributed by atoms with Gasteiger partial charge in [-0.1, -0.05) is 12.1 Å². The van der Waals surface area contributed by atoms with Crippen LogP contribution in [0.3, 0.4) is 0 Å². The van der Waals surface area contributed by atoms with Crippen molar-refractivity contribution in [1.82, 2.24) is 29.7 Å². The van der Waals surface area contributed by atoms with E-state index in [-0.39, 0.29) is 59.6 Å². The summed E-state index contributed by atoms with van der Waals surface area (Å²) in [5, 5.41) is 10.0. The summed E-state index contributed by atoms with van der Waals surface area (Å²) in [5.41, 5.74) is 4.02. The number of piperazine rings is 1. The highest BCUT2D eigenvalue weighted by Gasteiger charge is 2.42. The molecule has 342 valence electrons. The molecule has 66 heavy (non-hydrogen) atoms. The Morgan fingerprint density at radius 3 is 2.30 bits per heavy atom. The number of carbonyl (C=O) groups excluding carboxylic acids is 5. The summed E-state index contributed by atoms with van der Waals surface area (Å²) in [5.74, 6) is -3.71. The van der Waals surface area contributed by atoms with Gasteiger partial charge in [0.05, 0.1) is 18.6 Å². The molecule has 3 aromatic carbocycles. The Morgan fingerprint density at radius 1 is 0.833 bits per heavy atom. The van der Waals surface area contributed by atoms with Crippen molar-refractivity contribution in [3.63, 3.8) is 0 Å². The lowest BCUT2D eigenvalue weighted by molar-refractivity contribution is -0.134. The number of anilines is 4. The van der Waals surface area contributed by atoms with Gasteiger partial charge in [-0.15, -0.1) is 11.3 Å². The van der Waals surface area contributed by atoms with E-state index in [4.69, 9.17) is 0 Å². The SMILES string of the molecule is O=C1CCC(Nc2cc(F)c(N3CCC(CC(=O)N4CCN(c5ccc(-c6cc(F)c7c(c6)C(=O)N(C(C(=O)Nc6nccs6)c6ncn8c6CCC8)C7)cc5)CC4)CC3)c(F)c2)C(=O)N1. The quantitative estimate of drug-likeness (QED) is 0.136. The van der Waals surface area contributed by atoms with Gasteiger partial charge in [-0.25, -0.2) is 23.1 Å². The third-order valence-corrected chi connectivity index (χ3v) is 14.2. The minimum Gasteiger partial charge on any atom is -0.373 e. The number of thiazole rings is 1. The molecule has 19 heteroatoms. The van der Waals surface area contributed by atoms with E-state index in [2.05, 4.69) is 30.8 Å². The minimum atomic E-state index is -1.07. The molecule has 0 saturated carbocycles. The van der Waals surface area contributed by atoms with Crippen LogP contribution in [0, 0.1) is 23.4 Å². The zero-order valence-corrected chi connectivity index (χ0v) is 36.7. The number of imidazole rings is 1. The molecule has 10 rings (SSSR count). The number of nitrogens with zero attached hydrogens (tertiary/aromatic N) is 7. The van der Waals surface area contributed by atoms with Crippen LogP contribution in [0.1, 0.15) is 71.9 Å². The predicted molar refractivity (Wildman–Crippen MR) is 240 cm³/mol. The lowest BCUT2D eigenvalue weighted by Crippen LogP contribution is -2.49. The number of hydrogen-bond acceptors (Lipinski definition) is 11. The number of amides is 5. The van der Waals surface area contributed by atoms with Crippen LogP contribution in [-0.4, -0.2) is 99.2 Å². The van der Waals surface area contributed by atoms with E-state index < -0.39 is 47.3 Å². The molecule has 5 aliphatic rings. The Bertz CT molecular complexity index is 2690. The molecule has 5 aliphatic heterocycles. The second-order valence-electron chi connectivity index (χ2n) is 17.5. The number of fused-ring (bicyclic) bond motifs is 2. The van der Waals surface area contributed by atoms with Gasteiger partial charge in [0.15, 0.2) is 22.8 Å². The first-order valence-electron chi connectivity index (χ1n) is 22.3.